The fraction of sp³-hybridized carbons (Fsp3) is 0.818. The molecule has 0 amide bonds. The van der Waals surface area contributed by atoms with Gasteiger partial charge in [0, 0.05) is 20.9 Å². The summed E-state index contributed by atoms with van der Waals surface area (Å²) in [4.78, 5) is 21.7. The van der Waals surface area contributed by atoms with E-state index >= 15 is 0 Å². The topological polar surface area (TPSA) is 63.6 Å². The Morgan fingerprint density at radius 2 is 1.81 bits per heavy atom. The summed E-state index contributed by atoms with van der Waals surface area (Å²) in [6.45, 7) is 8.86. The van der Waals surface area contributed by atoms with Crippen LogP contribution in [0.5, 0.6) is 0 Å². The third-order valence-electron chi connectivity index (χ3n) is 2.15. The Bertz CT molecular complexity index is 245. The van der Waals surface area contributed by atoms with Gasteiger partial charge in [-0.3, -0.25) is 9.59 Å². The van der Waals surface area contributed by atoms with Crippen LogP contribution in [0.4, 0.5) is 0 Å². The molecule has 1 atom stereocenters. The maximum Gasteiger partial charge on any atom is 0.306 e. The van der Waals surface area contributed by atoms with E-state index in [9.17, 15) is 9.59 Å². The minimum atomic E-state index is -1.16. The minimum Gasteiger partial charge on any atom is -0.481 e. The Balaban J connectivity index is 3.70. The van der Waals surface area contributed by atoms with Crippen molar-refractivity contribution in [3.63, 3.8) is 0 Å². The molecule has 1 unspecified atom stereocenters. The zero-order valence-electron chi connectivity index (χ0n) is 10.6. The van der Waals surface area contributed by atoms with Crippen LogP contribution >= 0.6 is 0 Å². The highest BCUT2D eigenvalue weighted by molar-refractivity contribution is 6.76. The van der Waals surface area contributed by atoms with Crippen LogP contribution in [-0.2, 0) is 14.3 Å². The molecule has 0 aromatic rings. The van der Waals surface area contributed by atoms with Crippen molar-refractivity contribution in [1.29, 1.82) is 0 Å². The highest BCUT2D eigenvalue weighted by Gasteiger charge is 2.16. The van der Waals surface area contributed by atoms with Crippen LogP contribution in [-0.4, -0.2) is 31.7 Å². The first-order valence-electron chi connectivity index (χ1n) is 5.58. The van der Waals surface area contributed by atoms with Crippen molar-refractivity contribution in [1.82, 2.24) is 0 Å². The van der Waals surface area contributed by atoms with E-state index in [0.717, 1.165) is 6.04 Å². The van der Waals surface area contributed by atoms with Gasteiger partial charge in [0.05, 0.1) is 6.61 Å². The Labute approximate surface area is 98.0 Å². The summed E-state index contributed by atoms with van der Waals surface area (Å²) in [5, 5.41) is 8.53. The van der Waals surface area contributed by atoms with E-state index in [-0.39, 0.29) is 24.7 Å². The zero-order chi connectivity index (χ0) is 12.8. The van der Waals surface area contributed by atoms with Crippen LogP contribution in [0.2, 0.25) is 25.7 Å². The molecule has 0 aromatic heterocycles. The van der Waals surface area contributed by atoms with Crippen LogP contribution < -0.4 is 0 Å². The molecule has 0 saturated heterocycles. The van der Waals surface area contributed by atoms with Gasteiger partial charge >= 0.3 is 11.9 Å². The lowest BCUT2D eigenvalue weighted by atomic mass is 10.0. The summed E-state index contributed by atoms with van der Waals surface area (Å²) in [5.41, 5.74) is 0. The molecule has 0 fully saturated rings. The predicted octanol–water partition coefficient (Wildman–Crippen LogP) is 2.37. The summed E-state index contributed by atoms with van der Waals surface area (Å²) in [5.74, 6) is -1.31. The summed E-state index contributed by atoms with van der Waals surface area (Å²) >= 11 is 0. The van der Waals surface area contributed by atoms with E-state index in [0.29, 0.717) is 6.61 Å². The fourth-order valence-electron chi connectivity index (χ4n) is 1.18. The van der Waals surface area contributed by atoms with Crippen molar-refractivity contribution in [2.75, 3.05) is 6.61 Å². The molecule has 0 aliphatic carbocycles. The summed E-state index contributed by atoms with van der Waals surface area (Å²) in [7, 11) is -1.16. The fourth-order valence-corrected chi connectivity index (χ4v) is 1.90. The third kappa shape index (κ3) is 9.70. The summed E-state index contributed by atoms with van der Waals surface area (Å²) in [6, 6.07) is 0.950. The summed E-state index contributed by atoms with van der Waals surface area (Å²) < 4.78 is 5.07. The maximum absolute atomic E-state index is 11.3. The van der Waals surface area contributed by atoms with Gasteiger partial charge in [-0.1, -0.05) is 26.6 Å². The SMILES string of the molecule is CC(CC(=O)O)CC(=O)OCC[Si](C)(C)C. The molecule has 1 N–H and O–H groups in total. The van der Waals surface area contributed by atoms with E-state index in [4.69, 9.17) is 9.84 Å². The number of carboxylic acid groups (broad SMARTS) is 1. The molecule has 5 heteroatoms. The molecule has 0 heterocycles. The van der Waals surface area contributed by atoms with Gasteiger partial charge in [-0.25, -0.2) is 0 Å². The third-order valence-corrected chi connectivity index (χ3v) is 3.86. The lowest BCUT2D eigenvalue weighted by Crippen LogP contribution is -2.23. The van der Waals surface area contributed by atoms with E-state index in [2.05, 4.69) is 19.6 Å². The number of ether oxygens (including phenoxy) is 1. The van der Waals surface area contributed by atoms with Gasteiger partial charge in [-0.05, 0) is 12.0 Å². The second-order valence-electron chi connectivity index (χ2n) is 5.44. The first kappa shape index (κ1) is 15.2. The number of esters is 1. The molecule has 0 spiro atoms. The minimum absolute atomic E-state index is 0.0170. The summed E-state index contributed by atoms with van der Waals surface area (Å²) in [6.07, 6.45) is 0.209. The van der Waals surface area contributed by atoms with Crippen molar-refractivity contribution in [2.24, 2.45) is 5.92 Å². The molecule has 0 radical (unpaired) electrons. The first-order chi connectivity index (χ1) is 7.20. The molecule has 0 rings (SSSR count). The first-order valence-corrected chi connectivity index (χ1v) is 9.29. The average Bonchev–Trinajstić information content (AvgIpc) is 1.98. The number of carboxylic acids is 1. The van der Waals surface area contributed by atoms with E-state index in [1.54, 1.807) is 6.92 Å². The largest absolute Gasteiger partial charge is 0.481 e. The Morgan fingerprint density at radius 3 is 2.25 bits per heavy atom. The van der Waals surface area contributed by atoms with Crippen molar-refractivity contribution in [2.45, 2.75) is 45.5 Å². The lowest BCUT2D eigenvalue weighted by Gasteiger charge is -2.15. The van der Waals surface area contributed by atoms with Gasteiger partial charge in [-0.2, -0.15) is 0 Å². The molecule has 0 aliphatic heterocycles. The van der Waals surface area contributed by atoms with Crippen LogP contribution in [0.25, 0.3) is 0 Å². The molecule has 0 aliphatic rings. The Hall–Kier alpha value is -0.843. The van der Waals surface area contributed by atoms with Crippen LogP contribution in [0.1, 0.15) is 19.8 Å². The van der Waals surface area contributed by atoms with Crippen LogP contribution in [0.3, 0.4) is 0 Å². The molecule has 0 saturated carbocycles. The van der Waals surface area contributed by atoms with Crippen molar-refractivity contribution < 1.29 is 19.4 Å². The lowest BCUT2D eigenvalue weighted by molar-refractivity contribution is -0.144. The number of aliphatic carboxylic acids is 1. The highest BCUT2D eigenvalue weighted by Crippen LogP contribution is 2.11. The van der Waals surface area contributed by atoms with Gasteiger partial charge in [-0.15, -0.1) is 0 Å². The van der Waals surface area contributed by atoms with Gasteiger partial charge in [0.15, 0.2) is 0 Å². The number of rotatable bonds is 7. The van der Waals surface area contributed by atoms with Crippen molar-refractivity contribution in [3.05, 3.63) is 0 Å². The Morgan fingerprint density at radius 1 is 1.25 bits per heavy atom. The van der Waals surface area contributed by atoms with Crippen molar-refractivity contribution >= 4 is 20.0 Å². The molecule has 0 bridgehead atoms. The van der Waals surface area contributed by atoms with Gasteiger partial charge in [0.2, 0.25) is 0 Å². The highest BCUT2D eigenvalue weighted by atomic mass is 28.3. The van der Waals surface area contributed by atoms with E-state index in [1.807, 2.05) is 0 Å². The smallest absolute Gasteiger partial charge is 0.306 e. The van der Waals surface area contributed by atoms with Gasteiger partial charge in [0.25, 0.3) is 0 Å². The standard InChI is InChI=1S/C11H22O4Si/c1-9(7-10(12)13)8-11(14)15-5-6-16(2,3)4/h9H,5-8H2,1-4H3,(H,12,13). The monoisotopic (exact) mass is 246 g/mol. The molecule has 4 nitrogen and oxygen atoms in total. The second-order valence-corrected chi connectivity index (χ2v) is 11.1. The van der Waals surface area contributed by atoms with Gasteiger partial charge in [0.1, 0.15) is 0 Å². The number of hydrogen-bond acceptors (Lipinski definition) is 3. The van der Waals surface area contributed by atoms with Gasteiger partial charge < -0.3 is 9.84 Å². The second kappa shape index (κ2) is 6.68. The molecular formula is C11H22O4Si. The van der Waals surface area contributed by atoms with E-state index in [1.165, 1.54) is 0 Å². The van der Waals surface area contributed by atoms with Crippen molar-refractivity contribution in [3.8, 4) is 0 Å². The zero-order valence-corrected chi connectivity index (χ0v) is 11.6. The maximum atomic E-state index is 11.3. The number of carbonyl (C=O) groups is 2. The molecular weight excluding hydrogens is 224 g/mol. The predicted molar refractivity (Wildman–Crippen MR) is 65.1 cm³/mol. The van der Waals surface area contributed by atoms with E-state index < -0.39 is 14.0 Å². The quantitative estimate of drug-likeness (QED) is 0.553. The number of hydrogen-bond donors (Lipinski definition) is 1. The van der Waals surface area contributed by atoms with Crippen LogP contribution in [0, 0.1) is 5.92 Å². The molecule has 94 valence electrons. The van der Waals surface area contributed by atoms with Crippen LogP contribution in [0.15, 0.2) is 0 Å². The number of carbonyl (C=O) groups excluding carboxylic acids is 1. The normalized spacial score (nSPS) is 13.2. The molecule has 0 aromatic carbocycles. The molecule has 16 heavy (non-hydrogen) atoms. The Kier molecular flexibility index (Phi) is 6.33. The average molecular weight is 246 g/mol.